The van der Waals surface area contributed by atoms with Crippen LogP contribution in [0.1, 0.15) is 11.1 Å². The van der Waals surface area contributed by atoms with Crippen LogP contribution in [0.2, 0.25) is 0 Å². The summed E-state index contributed by atoms with van der Waals surface area (Å²) in [7, 11) is 4.08. The molecule has 0 aliphatic carbocycles. The zero-order chi connectivity index (χ0) is 40.6. The third kappa shape index (κ3) is 4.46. The summed E-state index contributed by atoms with van der Waals surface area (Å²) in [6, 6.07) is 52.8. The van der Waals surface area contributed by atoms with E-state index in [9.17, 15) is 5.26 Å². The number of nitriles is 1. The summed E-state index contributed by atoms with van der Waals surface area (Å²) in [5, 5.41) is 18.8. The Labute approximate surface area is 340 Å². The fraction of sp³-hybridized carbons (Fsp3) is 0.0577. The van der Waals surface area contributed by atoms with Gasteiger partial charge in [0.1, 0.15) is 0 Å². The van der Waals surface area contributed by atoms with Gasteiger partial charge in [-0.2, -0.15) is 18.4 Å². The molecule has 0 radical (unpaired) electrons. The number of hydrogen-bond donors (Lipinski definition) is 0. The molecule has 0 spiro atoms. The van der Waals surface area contributed by atoms with Gasteiger partial charge in [-0.25, -0.2) is 0 Å². The smallest absolute Gasteiger partial charge is 0.344 e. The average Bonchev–Trinajstić information content (AvgIpc) is 3.98. The number of nitrogens with zero attached hydrogens (tertiary/aromatic N) is 5. The zero-order valence-electron chi connectivity index (χ0n) is 32.4. The SMILES string of the molecule is Cn1c2ccccc2c2c1ccc1c3ccccc3n(-c3cc(C#N)cc(-n4c5ccccc5c5ccc6c(c7ccccc7n6C)c54)c3-c3ccccc3C(F)(F)F)c12. The first-order chi connectivity index (χ1) is 29.2. The highest BCUT2D eigenvalue weighted by Gasteiger charge is 2.36. The fourth-order valence-electron chi connectivity index (χ4n) is 10.2. The van der Waals surface area contributed by atoms with Gasteiger partial charge in [0.15, 0.2) is 0 Å². The van der Waals surface area contributed by atoms with Crippen LogP contribution < -0.4 is 0 Å². The van der Waals surface area contributed by atoms with E-state index in [0.29, 0.717) is 22.5 Å². The van der Waals surface area contributed by atoms with Crippen LogP contribution >= 0.6 is 0 Å². The van der Waals surface area contributed by atoms with E-state index >= 15 is 13.2 Å². The number of benzene rings is 8. The zero-order valence-corrected chi connectivity index (χ0v) is 32.4. The second-order valence-electron chi connectivity index (χ2n) is 15.6. The summed E-state index contributed by atoms with van der Waals surface area (Å²) in [5.74, 6) is 0. The molecule has 0 saturated heterocycles. The number of halogens is 3. The molecule has 0 unspecified atom stereocenters. The van der Waals surface area contributed by atoms with Crippen molar-refractivity contribution in [2.24, 2.45) is 14.1 Å². The molecule has 8 aromatic carbocycles. The van der Waals surface area contributed by atoms with E-state index in [2.05, 4.69) is 85.0 Å². The van der Waals surface area contributed by atoms with Crippen molar-refractivity contribution in [1.82, 2.24) is 18.3 Å². The molecule has 0 fully saturated rings. The van der Waals surface area contributed by atoms with Gasteiger partial charge in [-0.15, -0.1) is 0 Å². The first-order valence-corrected chi connectivity index (χ1v) is 19.8. The van der Waals surface area contributed by atoms with Crippen molar-refractivity contribution in [2.75, 3.05) is 0 Å². The molecular weight excluding hydrogens is 752 g/mol. The van der Waals surface area contributed by atoms with Crippen molar-refractivity contribution in [2.45, 2.75) is 6.18 Å². The molecular formula is C52H32F3N5. The standard InChI is InChI=1S/C52H32F3N5/c1-57-39-19-9-6-16-36(39)48-43(57)25-23-33-31-13-4-11-21-41(31)59(50(33)48)45-27-30(29-56)28-46(47(45)35-15-3-8-18-38(35)52(53,54)55)60-42-22-12-5-14-32(42)34-24-26-44-49(51(34)60)37-17-7-10-20-40(37)58(44)2/h3-28H,1-2H3. The summed E-state index contributed by atoms with van der Waals surface area (Å²) in [6.45, 7) is 0. The van der Waals surface area contributed by atoms with E-state index in [-0.39, 0.29) is 5.56 Å². The normalized spacial score (nSPS) is 12.4. The summed E-state index contributed by atoms with van der Waals surface area (Å²) in [5.41, 5.74) is 8.30. The molecule has 0 aliphatic rings. The molecule has 0 bridgehead atoms. The largest absolute Gasteiger partial charge is 0.417 e. The molecule has 4 aromatic heterocycles. The van der Waals surface area contributed by atoms with Gasteiger partial charge in [0.25, 0.3) is 0 Å². The Morgan fingerprint density at radius 1 is 0.450 bits per heavy atom. The first-order valence-electron chi connectivity index (χ1n) is 19.8. The van der Waals surface area contributed by atoms with E-state index in [1.807, 2.05) is 74.8 Å². The molecule has 0 aliphatic heterocycles. The summed E-state index contributed by atoms with van der Waals surface area (Å²) < 4.78 is 55.2. The minimum Gasteiger partial charge on any atom is -0.344 e. The Bertz CT molecular complexity index is 3650. The molecule has 0 amide bonds. The number of aryl methyl sites for hydroxylation is 2. The molecule has 0 saturated carbocycles. The predicted molar refractivity (Wildman–Crippen MR) is 238 cm³/mol. The highest BCUT2D eigenvalue weighted by Crippen LogP contribution is 2.49. The molecule has 286 valence electrons. The maximum Gasteiger partial charge on any atom is 0.417 e. The van der Waals surface area contributed by atoms with E-state index < -0.39 is 11.7 Å². The number of para-hydroxylation sites is 4. The van der Waals surface area contributed by atoms with Gasteiger partial charge in [-0.05, 0) is 60.2 Å². The second-order valence-corrected chi connectivity index (χ2v) is 15.6. The monoisotopic (exact) mass is 783 g/mol. The highest BCUT2D eigenvalue weighted by atomic mass is 19.4. The molecule has 4 heterocycles. The molecule has 5 nitrogen and oxygen atoms in total. The molecule has 60 heavy (non-hydrogen) atoms. The van der Waals surface area contributed by atoms with Crippen LogP contribution in [-0.4, -0.2) is 18.3 Å². The Morgan fingerprint density at radius 3 is 1.33 bits per heavy atom. The van der Waals surface area contributed by atoms with Crippen molar-refractivity contribution in [3.8, 4) is 28.6 Å². The van der Waals surface area contributed by atoms with Crippen molar-refractivity contribution in [3.05, 3.63) is 169 Å². The number of alkyl halides is 3. The topological polar surface area (TPSA) is 43.5 Å². The first kappa shape index (κ1) is 34.3. The van der Waals surface area contributed by atoms with E-state index in [1.54, 1.807) is 24.3 Å². The van der Waals surface area contributed by atoms with Crippen molar-refractivity contribution in [3.63, 3.8) is 0 Å². The van der Waals surface area contributed by atoms with Crippen LogP contribution in [-0.2, 0) is 20.3 Å². The van der Waals surface area contributed by atoms with Crippen LogP contribution in [0.15, 0.2) is 158 Å². The minimum absolute atomic E-state index is 0.0199. The van der Waals surface area contributed by atoms with Crippen molar-refractivity contribution < 1.29 is 13.2 Å². The van der Waals surface area contributed by atoms with E-state index in [0.717, 1.165) is 93.3 Å². The van der Waals surface area contributed by atoms with Gasteiger partial charge in [0.2, 0.25) is 0 Å². The van der Waals surface area contributed by atoms with Crippen LogP contribution in [0.5, 0.6) is 0 Å². The van der Waals surface area contributed by atoms with Crippen LogP contribution in [0, 0.1) is 11.3 Å². The number of fused-ring (bicyclic) bond motifs is 14. The van der Waals surface area contributed by atoms with Gasteiger partial charge >= 0.3 is 6.18 Å². The lowest BCUT2D eigenvalue weighted by Crippen LogP contribution is -2.11. The lowest BCUT2D eigenvalue weighted by molar-refractivity contribution is -0.137. The molecule has 12 aromatic rings. The van der Waals surface area contributed by atoms with Crippen molar-refractivity contribution >= 4 is 87.2 Å². The summed E-state index contributed by atoms with van der Waals surface area (Å²) >= 11 is 0. The van der Waals surface area contributed by atoms with Crippen LogP contribution in [0.25, 0.3) is 110 Å². The molecule has 8 heteroatoms. The summed E-state index contributed by atoms with van der Waals surface area (Å²) in [6.07, 6.45) is -4.69. The quantitative estimate of drug-likeness (QED) is 0.176. The average molecular weight is 784 g/mol. The Kier molecular flexibility index (Phi) is 6.94. The third-order valence-corrected chi connectivity index (χ3v) is 12.6. The maximum atomic E-state index is 15.5. The predicted octanol–water partition coefficient (Wildman–Crippen LogP) is 13.7. The van der Waals surface area contributed by atoms with Gasteiger partial charge < -0.3 is 18.3 Å². The van der Waals surface area contributed by atoms with Gasteiger partial charge in [0, 0.05) is 73.8 Å². The highest BCUT2D eigenvalue weighted by molar-refractivity contribution is 6.27. The maximum absolute atomic E-state index is 15.5. The van der Waals surface area contributed by atoms with Gasteiger partial charge in [-0.3, -0.25) is 0 Å². The Hall–Kier alpha value is -7.76. The van der Waals surface area contributed by atoms with Crippen molar-refractivity contribution in [1.29, 1.82) is 5.26 Å². The molecule has 12 rings (SSSR count). The lowest BCUT2D eigenvalue weighted by atomic mass is 9.93. The Morgan fingerprint density at radius 2 is 0.867 bits per heavy atom. The third-order valence-electron chi connectivity index (χ3n) is 12.6. The van der Waals surface area contributed by atoms with Crippen LogP contribution in [0.4, 0.5) is 13.2 Å². The second kappa shape index (κ2) is 12.1. The molecule has 0 N–H and O–H groups in total. The van der Waals surface area contributed by atoms with E-state index in [1.165, 1.54) is 6.07 Å². The Balaban J connectivity index is 1.37. The summed E-state index contributed by atoms with van der Waals surface area (Å²) in [4.78, 5) is 0. The fourth-order valence-corrected chi connectivity index (χ4v) is 10.2. The number of rotatable bonds is 3. The van der Waals surface area contributed by atoms with Gasteiger partial charge in [0.05, 0.1) is 61.7 Å². The number of aromatic nitrogens is 4. The van der Waals surface area contributed by atoms with E-state index in [4.69, 9.17) is 0 Å². The van der Waals surface area contributed by atoms with Crippen LogP contribution in [0.3, 0.4) is 0 Å². The molecule has 0 atom stereocenters. The minimum atomic E-state index is -4.69. The van der Waals surface area contributed by atoms with Gasteiger partial charge in [-0.1, -0.05) is 103 Å². The lowest BCUT2D eigenvalue weighted by Gasteiger charge is -2.23. The number of hydrogen-bond acceptors (Lipinski definition) is 1.